The number of benzene rings is 3. The molecule has 0 atom stereocenters. The van der Waals surface area contributed by atoms with Crippen molar-refractivity contribution in [1.82, 2.24) is 9.97 Å². The Labute approximate surface area is 150 Å². The predicted molar refractivity (Wildman–Crippen MR) is 108 cm³/mol. The molecule has 0 unspecified atom stereocenters. The molecule has 2 heterocycles. The van der Waals surface area contributed by atoms with Crippen LogP contribution in [0.3, 0.4) is 0 Å². The number of aromatic amines is 2. The van der Waals surface area contributed by atoms with E-state index in [0.29, 0.717) is 0 Å². The molecule has 0 amide bonds. The van der Waals surface area contributed by atoms with Gasteiger partial charge in [-0.1, -0.05) is 18.2 Å². The zero-order valence-corrected chi connectivity index (χ0v) is 14.3. The van der Waals surface area contributed by atoms with Gasteiger partial charge in [0, 0.05) is 50.7 Å². The molecule has 0 aliphatic heterocycles. The highest BCUT2D eigenvalue weighted by atomic mass is 16.5. The number of hydrogen-bond donors (Lipinski definition) is 2. The molecule has 4 heteroatoms. The Hall–Kier alpha value is -3.53. The van der Waals surface area contributed by atoms with Crippen LogP contribution in [-0.4, -0.2) is 23.3 Å². The monoisotopic (exact) mass is 339 g/mol. The standard InChI is InChI=1S/C22H17N3O/c1-26-16-8-6-15(7-9-16)23-12-14-13-24-19-10-11-20-22(21(14)19)17-4-2-3-5-18(17)25-20/h2-13,24-25H,1H3. The Bertz CT molecular complexity index is 1260. The highest BCUT2D eigenvalue weighted by Gasteiger charge is 2.11. The third kappa shape index (κ3) is 2.27. The molecule has 0 spiro atoms. The number of fused-ring (bicyclic) bond motifs is 5. The van der Waals surface area contributed by atoms with Gasteiger partial charge < -0.3 is 14.7 Å². The molecule has 0 saturated heterocycles. The first-order valence-electron chi connectivity index (χ1n) is 8.52. The smallest absolute Gasteiger partial charge is 0.119 e. The first-order valence-corrected chi connectivity index (χ1v) is 8.52. The number of ether oxygens (including phenoxy) is 1. The maximum absolute atomic E-state index is 5.20. The van der Waals surface area contributed by atoms with Crippen LogP contribution in [0.4, 0.5) is 5.69 Å². The SMILES string of the molecule is COc1ccc(N=Cc2c[nH]c3ccc4[nH]c5ccccc5c4c23)cc1. The van der Waals surface area contributed by atoms with Gasteiger partial charge in [-0.05, 0) is 42.5 Å². The number of H-pyrrole nitrogens is 2. The van der Waals surface area contributed by atoms with Crippen LogP contribution in [0.2, 0.25) is 0 Å². The van der Waals surface area contributed by atoms with E-state index in [4.69, 9.17) is 4.74 Å². The fourth-order valence-corrected chi connectivity index (χ4v) is 3.50. The average molecular weight is 339 g/mol. The molecule has 0 aliphatic rings. The summed E-state index contributed by atoms with van der Waals surface area (Å²) in [5, 5.41) is 3.65. The van der Waals surface area contributed by atoms with Crippen LogP contribution in [0.1, 0.15) is 5.56 Å². The van der Waals surface area contributed by atoms with Crippen molar-refractivity contribution in [3.63, 3.8) is 0 Å². The lowest BCUT2D eigenvalue weighted by molar-refractivity contribution is 0.415. The summed E-state index contributed by atoms with van der Waals surface area (Å²) in [5.74, 6) is 0.830. The Morgan fingerprint density at radius 3 is 2.50 bits per heavy atom. The molecule has 4 nitrogen and oxygen atoms in total. The molecular weight excluding hydrogens is 322 g/mol. The zero-order chi connectivity index (χ0) is 17.5. The molecule has 5 aromatic rings. The minimum Gasteiger partial charge on any atom is -0.497 e. The predicted octanol–water partition coefficient (Wildman–Crippen LogP) is 5.56. The van der Waals surface area contributed by atoms with Crippen LogP contribution in [-0.2, 0) is 0 Å². The molecule has 3 aromatic carbocycles. The number of aliphatic imine (C=N–C) groups is 1. The largest absolute Gasteiger partial charge is 0.497 e. The van der Waals surface area contributed by atoms with Gasteiger partial charge in [-0.15, -0.1) is 0 Å². The minimum absolute atomic E-state index is 0.830. The first kappa shape index (κ1) is 14.8. The molecule has 0 fully saturated rings. The Morgan fingerprint density at radius 1 is 0.846 bits per heavy atom. The molecule has 2 N–H and O–H groups in total. The van der Waals surface area contributed by atoms with Gasteiger partial charge in [0.25, 0.3) is 0 Å². The molecule has 5 rings (SSSR count). The second-order valence-electron chi connectivity index (χ2n) is 6.28. The quantitative estimate of drug-likeness (QED) is 0.415. The van der Waals surface area contributed by atoms with Crippen molar-refractivity contribution in [2.24, 2.45) is 4.99 Å². The number of para-hydroxylation sites is 1. The van der Waals surface area contributed by atoms with Crippen LogP contribution in [0.25, 0.3) is 32.7 Å². The van der Waals surface area contributed by atoms with Gasteiger partial charge in [0.15, 0.2) is 0 Å². The van der Waals surface area contributed by atoms with Gasteiger partial charge in [0.1, 0.15) is 5.75 Å². The van der Waals surface area contributed by atoms with E-state index in [1.165, 1.54) is 16.2 Å². The Morgan fingerprint density at radius 2 is 1.65 bits per heavy atom. The normalized spacial score (nSPS) is 11.9. The summed E-state index contributed by atoms with van der Waals surface area (Å²) < 4.78 is 5.20. The summed E-state index contributed by atoms with van der Waals surface area (Å²) in [6, 6.07) is 20.4. The average Bonchev–Trinajstić information content (AvgIpc) is 3.27. The Kier molecular flexibility index (Phi) is 3.28. The summed E-state index contributed by atoms with van der Waals surface area (Å²) >= 11 is 0. The number of aromatic nitrogens is 2. The topological polar surface area (TPSA) is 53.2 Å². The van der Waals surface area contributed by atoms with Gasteiger partial charge in [0.2, 0.25) is 0 Å². The van der Waals surface area contributed by atoms with Crippen molar-refractivity contribution in [3.05, 3.63) is 72.4 Å². The third-order valence-corrected chi connectivity index (χ3v) is 4.77. The van der Waals surface area contributed by atoms with Crippen molar-refractivity contribution in [1.29, 1.82) is 0 Å². The van der Waals surface area contributed by atoms with E-state index < -0.39 is 0 Å². The molecule has 126 valence electrons. The maximum atomic E-state index is 5.20. The summed E-state index contributed by atoms with van der Waals surface area (Å²) in [6.45, 7) is 0. The molecular formula is C22H17N3O. The van der Waals surface area contributed by atoms with Crippen molar-refractivity contribution < 1.29 is 4.74 Å². The fraction of sp³-hybridized carbons (Fsp3) is 0.0455. The number of nitrogens with zero attached hydrogens (tertiary/aromatic N) is 1. The lowest BCUT2D eigenvalue weighted by Crippen LogP contribution is -1.81. The van der Waals surface area contributed by atoms with Crippen LogP contribution < -0.4 is 4.74 Å². The molecule has 26 heavy (non-hydrogen) atoms. The van der Waals surface area contributed by atoms with Crippen molar-refractivity contribution >= 4 is 44.6 Å². The highest BCUT2D eigenvalue weighted by Crippen LogP contribution is 2.33. The highest BCUT2D eigenvalue weighted by molar-refractivity contribution is 6.23. The number of hydrogen-bond acceptors (Lipinski definition) is 2. The van der Waals surface area contributed by atoms with Gasteiger partial charge >= 0.3 is 0 Å². The summed E-state index contributed by atoms with van der Waals surface area (Å²) in [5.41, 5.74) is 5.36. The van der Waals surface area contributed by atoms with Gasteiger partial charge in [0.05, 0.1) is 12.8 Å². The third-order valence-electron chi connectivity index (χ3n) is 4.77. The summed E-state index contributed by atoms with van der Waals surface area (Å²) in [7, 11) is 1.66. The van der Waals surface area contributed by atoms with Gasteiger partial charge in [-0.2, -0.15) is 0 Å². The van der Waals surface area contributed by atoms with E-state index in [1.807, 2.05) is 36.7 Å². The van der Waals surface area contributed by atoms with Crippen LogP contribution in [0.5, 0.6) is 5.75 Å². The second kappa shape index (κ2) is 5.77. The molecule has 0 aliphatic carbocycles. The van der Waals surface area contributed by atoms with Crippen LogP contribution in [0, 0.1) is 0 Å². The molecule has 0 saturated carbocycles. The van der Waals surface area contributed by atoms with Crippen molar-refractivity contribution in [2.75, 3.05) is 7.11 Å². The van der Waals surface area contributed by atoms with Crippen LogP contribution in [0.15, 0.2) is 71.9 Å². The number of rotatable bonds is 3. The van der Waals surface area contributed by atoms with E-state index in [-0.39, 0.29) is 0 Å². The van der Waals surface area contributed by atoms with E-state index in [9.17, 15) is 0 Å². The molecule has 0 bridgehead atoms. The summed E-state index contributed by atoms with van der Waals surface area (Å²) in [6.07, 6.45) is 3.93. The minimum atomic E-state index is 0.830. The zero-order valence-electron chi connectivity index (χ0n) is 14.3. The Balaban J connectivity index is 1.68. The van der Waals surface area contributed by atoms with Crippen molar-refractivity contribution in [3.8, 4) is 5.75 Å². The van der Waals surface area contributed by atoms with Crippen LogP contribution >= 0.6 is 0 Å². The lowest BCUT2D eigenvalue weighted by atomic mass is 10.1. The van der Waals surface area contributed by atoms with Crippen molar-refractivity contribution in [2.45, 2.75) is 0 Å². The van der Waals surface area contributed by atoms with Gasteiger partial charge in [-0.25, -0.2) is 0 Å². The van der Waals surface area contributed by atoms with E-state index >= 15 is 0 Å². The van der Waals surface area contributed by atoms with E-state index in [2.05, 4.69) is 51.4 Å². The summed E-state index contributed by atoms with van der Waals surface area (Å²) in [4.78, 5) is 11.5. The van der Waals surface area contributed by atoms with Gasteiger partial charge in [-0.3, -0.25) is 4.99 Å². The fourth-order valence-electron chi connectivity index (χ4n) is 3.50. The van der Waals surface area contributed by atoms with E-state index in [0.717, 1.165) is 33.6 Å². The number of methoxy groups -OCH3 is 1. The lowest BCUT2D eigenvalue weighted by Gasteiger charge is -1.99. The number of nitrogens with one attached hydrogen (secondary N) is 2. The maximum Gasteiger partial charge on any atom is 0.119 e. The first-order chi connectivity index (χ1) is 12.8. The molecule has 0 radical (unpaired) electrons. The van der Waals surface area contributed by atoms with E-state index in [1.54, 1.807) is 7.11 Å². The molecule has 2 aromatic heterocycles. The second-order valence-corrected chi connectivity index (χ2v) is 6.28.